The fourth-order valence-electron chi connectivity index (χ4n) is 1.74. The van der Waals surface area contributed by atoms with Crippen molar-refractivity contribution in [3.8, 4) is 5.75 Å². The van der Waals surface area contributed by atoms with E-state index in [4.69, 9.17) is 27.9 Å². The van der Waals surface area contributed by atoms with Crippen LogP contribution < -0.4 is 10.2 Å². The van der Waals surface area contributed by atoms with Crippen LogP contribution in [0.15, 0.2) is 47.6 Å². The Morgan fingerprint density at radius 2 is 1.91 bits per heavy atom. The average Bonchev–Trinajstić information content (AvgIpc) is 2.51. The van der Waals surface area contributed by atoms with Crippen molar-refractivity contribution in [3.05, 3.63) is 63.6 Å². The summed E-state index contributed by atoms with van der Waals surface area (Å²) in [6.45, 7) is 0. The van der Waals surface area contributed by atoms with Gasteiger partial charge in [0, 0.05) is 0 Å². The van der Waals surface area contributed by atoms with E-state index < -0.39 is 0 Å². The third kappa shape index (κ3) is 4.76. The molecule has 22 heavy (non-hydrogen) atoms. The Hall–Kier alpha value is -2.04. The zero-order chi connectivity index (χ0) is 15.9. The highest BCUT2D eigenvalue weighted by Crippen LogP contribution is 2.21. The van der Waals surface area contributed by atoms with E-state index in [2.05, 4.69) is 10.5 Å². The molecule has 0 aliphatic heterocycles. The molecule has 0 atom stereocenters. The molecule has 2 aromatic carbocycles. The second kappa shape index (κ2) is 7.82. The van der Waals surface area contributed by atoms with E-state index in [1.165, 1.54) is 6.21 Å². The van der Waals surface area contributed by atoms with Crippen molar-refractivity contribution in [1.29, 1.82) is 0 Å². The van der Waals surface area contributed by atoms with Gasteiger partial charge in [0.2, 0.25) is 5.91 Å². The van der Waals surface area contributed by atoms with Crippen molar-refractivity contribution in [1.82, 2.24) is 5.43 Å². The summed E-state index contributed by atoms with van der Waals surface area (Å²) in [4.78, 5) is 11.8. The largest absolute Gasteiger partial charge is 0.497 e. The first-order valence-electron chi connectivity index (χ1n) is 6.48. The maximum atomic E-state index is 11.8. The number of hydrogen-bond acceptors (Lipinski definition) is 3. The summed E-state index contributed by atoms with van der Waals surface area (Å²) < 4.78 is 5.06. The molecule has 2 aromatic rings. The van der Waals surface area contributed by atoms with E-state index in [1.54, 1.807) is 25.3 Å². The van der Waals surface area contributed by atoms with Crippen molar-refractivity contribution in [2.75, 3.05) is 7.11 Å². The molecule has 1 amide bonds. The third-order valence-corrected chi connectivity index (χ3v) is 3.61. The van der Waals surface area contributed by atoms with E-state index in [0.717, 1.165) is 16.9 Å². The lowest BCUT2D eigenvalue weighted by Crippen LogP contribution is -2.19. The maximum Gasteiger partial charge on any atom is 0.244 e. The van der Waals surface area contributed by atoms with Gasteiger partial charge in [0.25, 0.3) is 0 Å². The van der Waals surface area contributed by atoms with Gasteiger partial charge in [-0.25, -0.2) is 5.43 Å². The number of hydrazone groups is 1. The number of hydrogen-bond donors (Lipinski definition) is 1. The summed E-state index contributed by atoms with van der Waals surface area (Å²) in [7, 11) is 1.60. The molecule has 0 spiro atoms. The number of carbonyl (C=O) groups is 1. The molecule has 6 heteroatoms. The first-order chi connectivity index (χ1) is 10.6. The van der Waals surface area contributed by atoms with E-state index in [9.17, 15) is 4.79 Å². The Kier molecular flexibility index (Phi) is 5.81. The number of halogens is 2. The number of methoxy groups -OCH3 is 1. The van der Waals surface area contributed by atoms with Crippen LogP contribution >= 0.6 is 23.2 Å². The fourth-order valence-corrected chi connectivity index (χ4v) is 2.05. The zero-order valence-electron chi connectivity index (χ0n) is 11.8. The van der Waals surface area contributed by atoms with Crippen molar-refractivity contribution in [3.63, 3.8) is 0 Å². The molecule has 0 aliphatic carbocycles. The number of rotatable bonds is 5. The van der Waals surface area contributed by atoms with Crippen molar-refractivity contribution in [2.45, 2.75) is 6.42 Å². The van der Waals surface area contributed by atoms with Gasteiger partial charge >= 0.3 is 0 Å². The minimum Gasteiger partial charge on any atom is -0.497 e. The average molecular weight is 337 g/mol. The first kappa shape index (κ1) is 16.3. The lowest BCUT2D eigenvalue weighted by Gasteiger charge is -2.03. The molecular weight excluding hydrogens is 323 g/mol. The SMILES string of the molecule is COc1ccc(CC(=O)NN=Cc2ccc(Cl)c(Cl)c2)cc1. The van der Waals surface area contributed by atoms with Crippen LogP contribution in [-0.2, 0) is 11.2 Å². The van der Waals surface area contributed by atoms with Crippen LogP contribution in [0, 0.1) is 0 Å². The van der Waals surface area contributed by atoms with E-state index in [-0.39, 0.29) is 12.3 Å². The van der Waals surface area contributed by atoms with Crippen LogP contribution in [0.4, 0.5) is 0 Å². The molecular formula is C16H14Cl2N2O2. The zero-order valence-corrected chi connectivity index (χ0v) is 13.4. The van der Waals surface area contributed by atoms with Crippen LogP contribution in [0.25, 0.3) is 0 Å². The molecule has 2 rings (SSSR count). The molecule has 0 radical (unpaired) electrons. The molecule has 0 heterocycles. The predicted molar refractivity (Wildman–Crippen MR) is 88.9 cm³/mol. The number of amides is 1. The molecule has 1 N–H and O–H groups in total. The monoisotopic (exact) mass is 336 g/mol. The molecule has 0 unspecified atom stereocenters. The Bertz CT molecular complexity index is 685. The quantitative estimate of drug-likeness (QED) is 0.668. The van der Waals surface area contributed by atoms with Crippen LogP contribution in [0.3, 0.4) is 0 Å². The second-order valence-corrected chi connectivity index (χ2v) is 5.31. The Morgan fingerprint density at radius 3 is 2.55 bits per heavy atom. The van der Waals surface area contributed by atoms with E-state index in [0.29, 0.717) is 10.0 Å². The summed E-state index contributed by atoms with van der Waals surface area (Å²) in [5.41, 5.74) is 4.09. The van der Waals surface area contributed by atoms with Gasteiger partial charge in [0.1, 0.15) is 5.75 Å². The van der Waals surface area contributed by atoms with Gasteiger partial charge in [-0.05, 0) is 35.4 Å². The number of benzene rings is 2. The lowest BCUT2D eigenvalue weighted by atomic mass is 10.1. The van der Waals surface area contributed by atoms with Gasteiger partial charge in [-0.3, -0.25) is 4.79 Å². The van der Waals surface area contributed by atoms with Gasteiger partial charge in [0.15, 0.2) is 0 Å². The van der Waals surface area contributed by atoms with Crippen molar-refractivity contribution < 1.29 is 9.53 Å². The van der Waals surface area contributed by atoms with Gasteiger partial charge in [-0.15, -0.1) is 0 Å². The number of ether oxygens (including phenoxy) is 1. The number of carbonyl (C=O) groups excluding carboxylic acids is 1. The molecule has 0 bridgehead atoms. The van der Waals surface area contributed by atoms with Gasteiger partial charge < -0.3 is 4.74 Å². The van der Waals surface area contributed by atoms with Crippen molar-refractivity contribution in [2.24, 2.45) is 5.10 Å². The lowest BCUT2D eigenvalue weighted by molar-refractivity contribution is -0.120. The minimum absolute atomic E-state index is 0.207. The van der Waals surface area contributed by atoms with Crippen LogP contribution in [0.1, 0.15) is 11.1 Å². The Morgan fingerprint density at radius 1 is 1.18 bits per heavy atom. The van der Waals surface area contributed by atoms with Crippen molar-refractivity contribution >= 4 is 35.3 Å². The van der Waals surface area contributed by atoms with E-state index >= 15 is 0 Å². The first-order valence-corrected chi connectivity index (χ1v) is 7.24. The van der Waals surface area contributed by atoms with Gasteiger partial charge in [-0.1, -0.05) is 41.4 Å². The minimum atomic E-state index is -0.207. The van der Waals surface area contributed by atoms with Crippen LogP contribution in [0.2, 0.25) is 10.0 Å². The second-order valence-electron chi connectivity index (χ2n) is 4.49. The summed E-state index contributed by atoms with van der Waals surface area (Å²) in [5.74, 6) is 0.545. The van der Waals surface area contributed by atoms with Gasteiger partial charge in [0.05, 0.1) is 29.8 Å². The summed E-state index contributed by atoms with van der Waals surface area (Å²) in [6, 6.07) is 12.4. The highest BCUT2D eigenvalue weighted by molar-refractivity contribution is 6.42. The standard InChI is InChI=1S/C16H14Cl2N2O2/c1-22-13-5-2-11(3-6-13)9-16(21)20-19-10-12-4-7-14(17)15(18)8-12/h2-8,10H,9H2,1H3,(H,20,21). The number of nitrogens with zero attached hydrogens (tertiary/aromatic N) is 1. The molecule has 0 saturated carbocycles. The van der Waals surface area contributed by atoms with Crippen LogP contribution in [0.5, 0.6) is 5.75 Å². The molecule has 0 aliphatic rings. The highest BCUT2D eigenvalue weighted by atomic mass is 35.5. The van der Waals surface area contributed by atoms with Gasteiger partial charge in [-0.2, -0.15) is 5.10 Å². The summed E-state index contributed by atoms with van der Waals surface area (Å²) in [6.07, 6.45) is 1.75. The topological polar surface area (TPSA) is 50.7 Å². The summed E-state index contributed by atoms with van der Waals surface area (Å²) >= 11 is 11.7. The fraction of sp³-hybridized carbons (Fsp3) is 0.125. The Labute approximate surface area is 138 Å². The summed E-state index contributed by atoms with van der Waals surface area (Å²) in [5, 5.41) is 4.81. The van der Waals surface area contributed by atoms with E-state index in [1.807, 2.05) is 24.3 Å². The normalized spacial score (nSPS) is 10.7. The molecule has 114 valence electrons. The molecule has 0 saturated heterocycles. The molecule has 0 fully saturated rings. The molecule has 0 aromatic heterocycles. The smallest absolute Gasteiger partial charge is 0.244 e. The van der Waals surface area contributed by atoms with Crippen LogP contribution in [-0.4, -0.2) is 19.2 Å². The Balaban J connectivity index is 1.88. The third-order valence-electron chi connectivity index (χ3n) is 2.87. The predicted octanol–water partition coefficient (Wildman–Crippen LogP) is 3.69. The molecule has 4 nitrogen and oxygen atoms in total. The highest BCUT2D eigenvalue weighted by Gasteiger charge is 2.02. The maximum absolute atomic E-state index is 11.8. The number of nitrogens with one attached hydrogen (secondary N) is 1.